The van der Waals surface area contributed by atoms with E-state index in [9.17, 15) is 0 Å². The number of hydrogen-bond donors (Lipinski definition) is 0. The SMILES string of the molecule is CCCCCCCC[N+]1(C)CCN(CC)C1. The average molecular weight is 227 g/mol. The lowest BCUT2D eigenvalue weighted by Gasteiger charge is -2.29. The summed E-state index contributed by atoms with van der Waals surface area (Å²) in [5.74, 6) is 0. The van der Waals surface area contributed by atoms with Crippen LogP contribution in [0.2, 0.25) is 0 Å². The molecule has 0 radical (unpaired) electrons. The van der Waals surface area contributed by atoms with Crippen molar-refractivity contribution in [2.45, 2.75) is 52.4 Å². The lowest BCUT2D eigenvalue weighted by atomic mass is 10.1. The first-order valence-electron chi connectivity index (χ1n) is 7.26. The Morgan fingerprint density at radius 1 is 1.00 bits per heavy atom. The summed E-state index contributed by atoms with van der Waals surface area (Å²) in [7, 11) is 2.43. The van der Waals surface area contributed by atoms with Crippen molar-refractivity contribution in [1.82, 2.24) is 4.90 Å². The molecule has 1 aliphatic rings. The first-order chi connectivity index (χ1) is 7.70. The summed E-state index contributed by atoms with van der Waals surface area (Å²) in [6.45, 7) is 11.1. The Bertz CT molecular complexity index is 182. The largest absolute Gasteiger partial charge is 0.312 e. The molecular formula is C14H31N2+. The third-order valence-corrected chi connectivity index (χ3v) is 4.00. The lowest BCUT2D eigenvalue weighted by molar-refractivity contribution is -0.902. The van der Waals surface area contributed by atoms with Crippen LogP contribution in [0.1, 0.15) is 52.4 Å². The topological polar surface area (TPSA) is 3.24 Å². The number of nitrogens with zero attached hydrogens (tertiary/aromatic N) is 2. The molecule has 96 valence electrons. The van der Waals surface area contributed by atoms with Crippen LogP contribution in [-0.4, -0.2) is 49.3 Å². The third kappa shape index (κ3) is 4.84. The van der Waals surface area contributed by atoms with Gasteiger partial charge in [0.25, 0.3) is 0 Å². The maximum Gasteiger partial charge on any atom is 0.135 e. The van der Waals surface area contributed by atoms with Crippen molar-refractivity contribution >= 4 is 0 Å². The van der Waals surface area contributed by atoms with E-state index in [1.807, 2.05) is 0 Å². The fraction of sp³-hybridized carbons (Fsp3) is 1.00. The molecule has 16 heavy (non-hydrogen) atoms. The van der Waals surface area contributed by atoms with Gasteiger partial charge >= 0.3 is 0 Å². The zero-order valence-electron chi connectivity index (χ0n) is 11.7. The molecule has 1 unspecified atom stereocenters. The Morgan fingerprint density at radius 3 is 2.31 bits per heavy atom. The van der Waals surface area contributed by atoms with Crippen LogP contribution in [0.25, 0.3) is 0 Å². The first-order valence-corrected chi connectivity index (χ1v) is 7.26. The second-order valence-electron chi connectivity index (χ2n) is 5.69. The average Bonchev–Trinajstić information content (AvgIpc) is 2.66. The Hall–Kier alpha value is -0.0800. The monoisotopic (exact) mass is 227 g/mol. The molecular weight excluding hydrogens is 196 g/mol. The van der Waals surface area contributed by atoms with E-state index >= 15 is 0 Å². The summed E-state index contributed by atoms with van der Waals surface area (Å²) in [6, 6.07) is 0. The molecule has 0 bridgehead atoms. The predicted molar refractivity (Wildman–Crippen MR) is 71.4 cm³/mol. The molecule has 2 nitrogen and oxygen atoms in total. The molecule has 0 aromatic rings. The van der Waals surface area contributed by atoms with Gasteiger partial charge in [-0.1, -0.05) is 39.5 Å². The summed E-state index contributed by atoms with van der Waals surface area (Å²) >= 11 is 0. The number of quaternary nitrogens is 1. The summed E-state index contributed by atoms with van der Waals surface area (Å²) in [6.07, 6.45) is 8.55. The van der Waals surface area contributed by atoms with Crippen LogP contribution in [0.4, 0.5) is 0 Å². The Balaban J connectivity index is 2.04. The lowest BCUT2D eigenvalue weighted by Crippen LogP contribution is -2.43. The van der Waals surface area contributed by atoms with Gasteiger partial charge in [0.15, 0.2) is 0 Å². The molecule has 1 atom stereocenters. The highest BCUT2D eigenvalue weighted by molar-refractivity contribution is 4.58. The molecule has 1 saturated heterocycles. The quantitative estimate of drug-likeness (QED) is 0.455. The molecule has 1 fully saturated rings. The van der Waals surface area contributed by atoms with Gasteiger partial charge in [-0.05, 0) is 12.8 Å². The molecule has 1 aliphatic heterocycles. The van der Waals surface area contributed by atoms with E-state index in [2.05, 4.69) is 25.8 Å². The normalized spacial score (nSPS) is 26.4. The predicted octanol–water partition coefficient (Wildman–Crippen LogP) is 3.09. The van der Waals surface area contributed by atoms with Crippen molar-refractivity contribution in [2.24, 2.45) is 0 Å². The van der Waals surface area contributed by atoms with Gasteiger partial charge in [0.1, 0.15) is 6.67 Å². The van der Waals surface area contributed by atoms with E-state index in [-0.39, 0.29) is 0 Å². The highest BCUT2D eigenvalue weighted by atomic mass is 15.5. The Kier molecular flexibility index (Phi) is 6.37. The molecule has 2 heteroatoms. The van der Waals surface area contributed by atoms with Crippen molar-refractivity contribution in [2.75, 3.05) is 39.9 Å². The van der Waals surface area contributed by atoms with Gasteiger partial charge in [0.05, 0.1) is 26.7 Å². The molecule has 0 amide bonds. The van der Waals surface area contributed by atoms with E-state index in [1.165, 1.54) is 75.9 Å². The zero-order valence-corrected chi connectivity index (χ0v) is 11.7. The third-order valence-electron chi connectivity index (χ3n) is 4.00. The number of rotatable bonds is 8. The van der Waals surface area contributed by atoms with Crippen LogP contribution in [0.5, 0.6) is 0 Å². The summed E-state index contributed by atoms with van der Waals surface area (Å²) in [5.41, 5.74) is 0. The van der Waals surface area contributed by atoms with E-state index in [1.54, 1.807) is 0 Å². The van der Waals surface area contributed by atoms with Crippen LogP contribution in [0, 0.1) is 0 Å². The fourth-order valence-electron chi connectivity index (χ4n) is 2.72. The van der Waals surface area contributed by atoms with E-state index < -0.39 is 0 Å². The smallest absolute Gasteiger partial charge is 0.135 e. The van der Waals surface area contributed by atoms with Crippen molar-refractivity contribution in [1.29, 1.82) is 0 Å². The minimum absolute atomic E-state index is 1.23. The highest BCUT2D eigenvalue weighted by Crippen LogP contribution is 2.15. The molecule has 0 spiro atoms. The minimum atomic E-state index is 1.23. The van der Waals surface area contributed by atoms with E-state index in [4.69, 9.17) is 0 Å². The van der Waals surface area contributed by atoms with Gasteiger partial charge in [-0.2, -0.15) is 0 Å². The summed E-state index contributed by atoms with van der Waals surface area (Å²) < 4.78 is 1.29. The molecule has 0 saturated carbocycles. The molecule has 1 heterocycles. The molecule has 1 rings (SSSR count). The zero-order chi connectivity index (χ0) is 11.9. The number of unbranched alkanes of at least 4 members (excludes halogenated alkanes) is 5. The highest BCUT2D eigenvalue weighted by Gasteiger charge is 2.30. The van der Waals surface area contributed by atoms with Crippen LogP contribution < -0.4 is 0 Å². The van der Waals surface area contributed by atoms with Crippen molar-refractivity contribution in [3.8, 4) is 0 Å². The van der Waals surface area contributed by atoms with Gasteiger partial charge in [-0.15, -0.1) is 0 Å². The van der Waals surface area contributed by atoms with Crippen molar-refractivity contribution in [3.05, 3.63) is 0 Å². The van der Waals surface area contributed by atoms with Crippen LogP contribution >= 0.6 is 0 Å². The van der Waals surface area contributed by atoms with Crippen LogP contribution in [-0.2, 0) is 0 Å². The Morgan fingerprint density at radius 2 is 1.69 bits per heavy atom. The van der Waals surface area contributed by atoms with Gasteiger partial charge in [0, 0.05) is 6.54 Å². The fourth-order valence-corrected chi connectivity index (χ4v) is 2.72. The maximum atomic E-state index is 2.58. The van der Waals surface area contributed by atoms with E-state index in [0.29, 0.717) is 0 Å². The maximum absolute atomic E-state index is 2.58. The summed E-state index contributed by atoms with van der Waals surface area (Å²) in [5, 5.41) is 0. The number of hydrogen-bond acceptors (Lipinski definition) is 1. The summed E-state index contributed by atoms with van der Waals surface area (Å²) in [4.78, 5) is 2.58. The molecule has 0 aromatic carbocycles. The van der Waals surface area contributed by atoms with Crippen LogP contribution in [0.3, 0.4) is 0 Å². The molecule has 0 aromatic heterocycles. The van der Waals surface area contributed by atoms with Gasteiger partial charge in [-0.25, -0.2) is 0 Å². The van der Waals surface area contributed by atoms with Crippen molar-refractivity contribution in [3.63, 3.8) is 0 Å². The minimum Gasteiger partial charge on any atom is -0.312 e. The Labute approximate surface area is 102 Å². The second-order valence-corrected chi connectivity index (χ2v) is 5.69. The van der Waals surface area contributed by atoms with Gasteiger partial charge in [-0.3, -0.25) is 4.90 Å². The van der Waals surface area contributed by atoms with Gasteiger partial charge < -0.3 is 4.48 Å². The van der Waals surface area contributed by atoms with Crippen LogP contribution in [0.15, 0.2) is 0 Å². The van der Waals surface area contributed by atoms with Crippen molar-refractivity contribution < 1.29 is 4.48 Å². The standard InChI is InChI=1S/C14H31N2/c1-4-6-7-8-9-10-12-16(3)13-11-15(5-2)14-16/h4-14H2,1-3H3/q+1. The van der Waals surface area contributed by atoms with Gasteiger partial charge in [0.2, 0.25) is 0 Å². The first kappa shape index (κ1) is 14.0. The molecule has 0 aliphatic carbocycles. The second kappa shape index (κ2) is 7.29. The number of likely N-dealkylation sites (N-methyl/N-ethyl adjacent to an activating group) is 2. The molecule has 0 N–H and O–H groups in total. The van der Waals surface area contributed by atoms with E-state index in [0.717, 1.165) is 0 Å².